The number of hydrogen-bond donors (Lipinski definition) is 0. The highest BCUT2D eigenvalue weighted by Gasteiger charge is 2.31. The van der Waals surface area contributed by atoms with E-state index >= 15 is 0 Å². The smallest absolute Gasteiger partial charge is 0.341 e. The van der Waals surface area contributed by atoms with E-state index in [0.717, 1.165) is 18.8 Å². The molecule has 0 N–H and O–H groups in total. The van der Waals surface area contributed by atoms with Crippen molar-refractivity contribution in [1.29, 1.82) is 0 Å². The van der Waals surface area contributed by atoms with Crippen LogP contribution in [0.2, 0.25) is 5.02 Å². The molecule has 0 amide bonds. The average molecular weight is 371 g/mol. The summed E-state index contributed by atoms with van der Waals surface area (Å²) in [5.41, 5.74) is -0.793. The van der Waals surface area contributed by atoms with E-state index in [2.05, 4.69) is 13.8 Å². The van der Waals surface area contributed by atoms with E-state index < -0.39 is 17.4 Å². The van der Waals surface area contributed by atoms with Gasteiger partial charge in [0.15, 0.2) is 0 Å². The lowest BCUT2D eigenvalue weighted by Gasteiger charge is -2.36. The Morgan fingerprint density at radius 1 is 1.32 bits per heavy atom. The summed E-state index contributed by atoms with van der Waals surface area (Å²) in [5.74, 6) is -0.392. The second-order valence-electron chi connectivity index (χ2n) is 8.55. The summed E-state index contributed by atoms with van der Waals surface area (Å²) >= 11 is 6.20. The highest BCUT2D eigenvalue weighted by Crippen LogP contribution is 2.39. The summed E-state index contributed by atoms with van der Waals surface area (Å²) < 4.78 is 25.3. The van der Waals surface area contributed by atoms with Crippen molar-refractivity contribution in [3.63, 3.8) is 0 Å². The van der Waals surface area contributed by atoms with Crippen LogP contribution >= 0.6 is 11.6 Å². The summed E-state index contributed by atoms with van der Waals surface area (Å²) in [6.07, 6.45) is 4.54. The Labute approximate surface area is 154 Å². The molecule has 3 nitrogen and oxygen atoms in total. The number of hydrogen-bond acceptors (Lipinski definition) is 3. The summed E-state index contributed by atoms with van der Waals surface area (Å²) in [6.45, 7) is 10.1. The fourth-order valence-corrected chi connectivity index (χ4v) is 3.20. The molecule has 0 unspecified atom stereocenters. The maximum Gasteiger partial charge on any atom is 0.341 e. The number of ether oxygens (including phenoxy) is 2. The van der Waals surface area contributed by atoms with Crippen LogP contribution in [0.4, 0.5) is 4.39 Å². The Bertz CT molecular complexity index is 629. The van der Waals surface area contributed by atoms with Crippen LogP contribution in [-0.4, -0.2) is 18.2 Å². The Balaban J connectivity index is 2.08. The zero-order valence-electron chi connectivity index (χ0n) is 15.7. The Kier molecular flexibility index (Phi) is 6.03. The zero-order chi connectivity index (χ0) is 18.8. The number of halogens is 2. The van der Waals surface area contributed by atoms with E-state index in [0.29, 0.717) is 6.61 Å². The minimum absolute atomic E-state index is 0.0795. The predicted octanol–water partition coefficient (Wildman–Crippen LogP) is 6.03. The van der Waals surface area contributed by atoms with Crippen LogP contribution in [0.1, 0.15) is 70.7 Å². The lowest BCUT2D eigenvalue weighted by atomic mass is 9.73. The van der Waals surface area contributed by atoms with Crippen molar-refractivity contribution in [2.75, 3.05) is 6.61 Å². The minimum atomic E-state index is -0.730. The van der Waals surface area contributed by atoms with E-state index in [1.165, 1.54) is 25.0 Å². The fourth-order valence-electron chi connectivity index (χ4n) is 2.98. The zero-order valence-corrected chi connectivity index (χ0v) is 16.5. The molecule has 1 aliphatic rings. The SMILES string of the molecule is CC1CCC(C)(COc2cc(F)c(C(=O)OC(C)(C)C)cc2Cl)CC1. The van der Waals surface area contributed by atoms with Gasteiger partial charge in [-0.25, -0.2) is 9.18 Å². The van der Waals surface area contributed by atoms with Gasteiger partial charge in [0.25, 0.3) is 0 Å². The molecular weight excluding hydrogens is 343 g/mol. The average Bonchev–Trinajstić information content (AvgIpc) is 2.49. The predicted molar refractivity (Wildman–Crippen MR) is 97.8 cm³/mol. The van der Waals surface area contributed by atoms with Crippen LogP contribution in [0, 0.1) is 17.2 Å². The first-order valence-electron chi connectivity index (χ1n) is 8.84. The summed E-state index contributed by atoms with van der Waals surface area (Å²) in [7, 11) is 0. The maximum atomic E-state index is 14.3. The van der Waals surface area contributed by atoms with Crippen molar-refractivity contribution in [2.45, 2.75) is 65.9 Å². The van der Waals surface area contributed by atoms with Crippen molar-refractivity contribution < 1.29 is 18.7 Å². The van der Waals surface area contributed by atoms with Gasteiger partial charge < -0.3 is 9.47 Å². The highest BCUT2D eigenvalue weighted by molar-refractivity contribution is 6.32. The normalized spacial score (nSPS) is 24.0. The highest BCUT2D eigenvalue weighted by atomic mass is 35.5. The Morgan fingerprint density at radius 3 is 2.48 bits per heavy atom. The molecule has 25 heavy (non-hydrogen) atoms. The van der Waals surface area contributed by atoms with Crippen molar-refractivity contribution in [3.05, 3.63) is 28.5 Å². The standard InChI is InChI=1S/C20H28ClFO3/c1-13-6-8-20(5,9-7-13)12-24-17-11-16(22)14(10-15(17)21)18(23)25-19(2,3)4/h10-11,13H,6-9,12H2,1-5H3. The quantitative estimate of drug-likeness (QED) is 0.607. The molecule has 0 bridgehead atoms. The second kappa shape index (κ2) is 7.53. The van der Waals surface area contributed by atoms with Gasteiger partial charge in [-0.15, -0.1) is 0 Å². The van der Waals surface area contributed by atoms with Crippen LogP contribution in [0.5, 0.6) is 5.75 Å². The molecule has 2 rings (SSSR count). The maximum absolute atomic E-state index is 14.3. The first-order chi connectivity index (χ1) is 11.5. The van der Waals surface area contributed by atoms with Gasteiger partial charge in [-0.05, 0) is 45.6 Å². The number of esters is 1. The van der Waals surface area contributed by atoms with Crippen LogP contribution in [0.3, 0.4) is 0 Å². The topological polar surface area (TPSA) is 35.5 Å². The molecule has 1 aromatic rings. The van der Waals surface area contributed by atoms with Crippen molar-refractivity contribution in [1.82, 2.24) is 0 Å². The molecule has 1 fully saturated rings. The van der Waals surface area contributed by atoms with Crippen LogP contribution in [0.25, 0.3) is 0 Å². The van der Waals surface area contributed by atoms with E-state index in [4.69, 9.17) is 21.1 Å². The molecule has 5 heteroatoms. The summed E-state index contributed by atoms with van der Waals surface area (Å²) in [5, 5.41) is 0.218. The monoisotopic (exact) mass is 370 g/mol. The second-order valence-corrected chi connectivity index (χ2v) is 8.95. The van der Waals surface area contributed by atoms with Gasteiger partial charge in [-0.3, -0.25) is 0 Å². The first-order valence-corrected chi connectivity index (χ1v) is 9.22. The molecule has 1 saturated carbocycles. The summed E-state index contributed by atoms with van der Waals surface area (Å²) in [4.78, 5) is 12.1. The van der Waals surface area contributed by atoms with E-state index in [1.807, 2.05) is 0 Å². The van der Waals surface area contributed by atoms with Crippen molar-refractivity contribution in [3.8, 4) is 5.75 Å². The van der Waals surface area contributed by atoms with Gasteiger partial charge in [0.1, 0.15) is 17.2 Å². The van der Waals surface area contributed by atoms with Gasteiger partial charge in [-0.1, -0.05) is 38.3 Å². The fraction of sp³-hybridized carbons (Fsp3) is 0.650. The Hall–Kier alpha value is -1.29. The van der Waals surface area contributed by atoms with Crippen molar-refractivity contribution in [2.24, 2.45) is 11.3 Å². The van der Waals surface area contributed by atoms with E-state index in [1.54, 1.807) is 20.8 Å². The van der Waals surface area contributed by atoms with Crippen LogP contribution in [0.15, 0.2) is 12.1 Å². The third-order valence-corrected chi connectivity index (χ3v) is 4.99. The number of benzene rings is 1. The van der Waals surface area contributed by atoms with Gasteiger partial charge in [0.2, 0.25) is 0 Å². The number of carbonyl (C=O) groups excluding carboxylic acids is 1. The molecule has 0 spiro atoms. The molecular formula is C20H28ClFO3. The van der Waals surface area contributed by atoms with Crippen LogP contribution < -0.4 is 4.74 Å². The molecule has 0 aliphatic heterocycles. The molecule has 0 atom stereocenters. The molecule has 1 aromatic carbocycles. The van der Waals surface area contributed by atoms with E-state index in [-0.39, 0.29) is 21.8 Å². The molecule has 0 saturated heterocycles. The van der Waals surface area contributed by atoms with Crippen LogP contribution in [-0.2, 0) is 4.74 Å². The Morgan fingerprint density at radius 2 is 1.92 bits per heavy atom. The third kappa shape index (κ3) is 5.60. The first kappa shape index (κ1) is 20.0. The number of rotatable bonds is 4. The molecule has 0 aromatic heterocycles. The van der Waals surface area contributed by atoms with Gasteiger partial charge >= 0.3 is 5.97 Å². The van der Waals surface area contributed by atoms with Gasteiger partial charge in [-0.2, -0.15) is 0 Å². The molecule has 0 heterocycles. The number of carbonyl (C=O) groups is 1. The third-order valence-electron chi connectivity index (χ3n) is 4.70. The molecule has 140 valence electrons. The summed E-state index contributed by atoms with van der Waals surface area (Å²) in [6, 6.07) is 2.46. The lowest BCUT2D eigenvalue weighted by Crippen LogP contribution is -2.30. The lowest BCUT2D eigenvalue weighted by molar-refractivity contribution is 0.00646. The minimum Gasteiger partial charge on any atom is -0.491 e. The molecule has 0 radical (unpaired) electrons. The van der Waals surface area contributed by atoms with Gasteiger partial charge in [0, 0.05) is 11.5 Å². The van der Waals surface area contributed by atoms with Gasteiger partial charge in [0.05, 0.1) is 17.2 Å². The molecule has 1 aliphatic carbocycles. The van der Waals surface area contributed by atoms with E-state index in [9.17, 15) is 9.18 Å². The van der Waals surface area contributed by atoms with Crippen molar-refractivity contribution >= 4 is 17.6 Å². The largest absolute Gasteiger partial charge is 0.491 e.